The van der Waals surface area contributed by atoms with Gasteiger partial charge in [-0.15, -0.1) is 0 Å². The van der Waals surface area contributed by atoms with Gasteiger partial charge in [0.25, 0.3) is 0 Å². The molecule has 1 aliphatic carbocycles. The molecule has 2 N–H and O–H groups in total. The standard InChI is InChI=1S/C13H18FN/c14-12-8-2-6-10-4-1-5-11(13(10)12)7-3-9-15/h2,6,8,11H,1,3-5,7,9,15H2/t11-/m1/s1. The van der Waals surface area contributed by atoms with Crippen LogP contribution in [0.4, 0.5) is 4.39 Å². The number of halogens is 1. The molecule has 2 rings (SSSR count). The zero-order chi connectivity index (χ0) is 10.7. The molecule has 0 bridgehead atoms. The van der Waals surface area contributed by atoms with E-state index in [-0.39, 0.29) is 5.82 Å². The Kier molecular flexibility index (Phi) is 3.37. The highest BCUT2D eigenvalue weighted by molar-refractivity contribution is 5.33. The van der Waals surface area contributed by atoms with Crippen molar-refractivity contribution in [3.63, 3.8) is 0 Å². The van der Waals surface area contributed by atoms with Gasteiger partial charge in [-0.1, -0.05) is 12.1 Å². The highest BCUT2D eigenvalue weighted by Gasteiger charge is 2.22. The molecule has 0 saturated carbocycles. The molecule has 1 nitrogen and oxygen atoms in total. The summed E-state index contributed by atoms with van der Waals surface area (Å²) in [5.41, 5.74) is 7.69. The number of hydrogen-bond donors (Lipinski definition) is 1. The predicted octanol–water partition coefficient (Wildman–Crippen LogP) is 2.98. The number of nitrogens with two attached hydrogens (primary N) is 1. The van der Waals surface area contributed by atoms with Crippen molar-refractivity contribution in [1.29, 1.82) is 0 Å². The molecule has 0 heterocycles. The molecule has 0 saturated heterocycles. The van der Waals surface area contributed by atoms with Crippen LogP contribution in [0.1, 0.15) is 42.7 Å². The van der Waals surface area contributed by atoms with Crippen molar-refractivity contribution in [3.8, 4) is 0 Å². The van der Waals surface area contributed by atoms with Gasteiger partial charge in [-0.25, -0.2) is 4.39 Å². The first kappa shape index (κ1) is 10.6. The summed E-state index contributed by atoms with van der Waals surface area (Å²) in [6.45, 7) is 0.709. The molecule has 82 valence electrons. The fraction of sp³-hybridized carbons (Fsp3) is 0.538. The van der Waals surface area contributed by atoms with E-state index in [1.165, 1.54) is 12.0 Å². The lowest BCUT2D eigenvalue weighted by Gasteiger charge is -2.25. The Balaban J connectivity index is 2.24. The average molecular weight is 207 g/mol. The van der Waals surface area contributed by atoms with E-state index in [1.54, 1.807) is 6.07 Å². The molecule has 1 aromatic rings. The van der Waals surface area contributed by atoms with Crippen LogP contribution in [0.25, 0.3) is 0 Å². The quantitative estimate of drug-likeness (QED) is 0.810. The Morgan fingerprint density at radius 1 is 1.40 bits per heavy atom. The summed E-state index contributed by atoms with van der Waals surface area (Å²) in [5, 5.41) is 0. The minimum absolute atomic E-state index is 0.0192. The fourth-order valence-corrected chi connectivity index (χ4v) is 2.59. The van der Waals surface area contributed by atoms with Gasteiger partial charge in [0.2, 0.25) is 0 Å². The largest absolute Gasteiger partial charge is 0.330 e. The first-order valence-electron chi connectivity index (χ1n) is 5.80. The molecule has 1 aliphatic rings. The lowest BCUT2D eigenvalue weighted by Crippen LogP contribution is -2.13. The van der Waals surface area contributed by atoms with Crippen LogP contribution in [0, 0.1) is 5.82 Å². The van der Waals surface area contributed by atoms with E-state index >= 15 is 0 Å². The van der Waals surface area contributed by atoms with Crippen molar-refractivity contribution < 1.29 is 4.39 Å². The maximum absolute atomic E-state index is 13.7. The zero-order valence-corrected chi connectivity index (χ0v) is 9.01. The number of rotatable bonds is 3. The van der Waals surface area contributed by atoms with Gasteiger partial charge in [0.15, 0.2) is 0 Å². The summed E-state index contributed by atoms with van der Waals surface area (Å²) in [4.78, 5) is 0. The molecule has 15 heavy (non-hydrogen) atoms. The topological polar surface area (TPSA) is 26.0 Å². The molecule has 2 heteroatoms. The molecule has 0 radical (unpaired) electrons. The van der Waals surface area contributed by atoms with Crippen molar-refractivity contribution in [2.24, 2.45) is 5.73 Å². The molecule has 0 aliphatic heterocycles. The lowest BCUT2D eigenvalue weighted by molar-refractivity contribution is 0.476. The molecule has 0 spiro atoms. The molecule has 0 amide bonds. The first-order valence-corrected chi connectivity index (χ1v) is 5.80. The van der Waals surface area contributed by atoms with Crippen LogP contribution in [0.15, 0.2) is 18.2 Å². The number of hydrogen-bond acceptors (Lipinski definition) is 1. The Bertz CT molecular complexity index is 335. The third-order valence-corrected chi connectivity index (χ3v) is 3.31. The third kappa shape index (κ3) is 2.20. The Morgan fingerprint density at radius 3 is 3.07 bits per heavy atom. The molecule has 0 aromatic heterocycles. The van der Waals surface area contributed by atoms with E-state index < -0.39 is 0 Å². The van der Waals surface area contributed by atoms with Crippen LogP contribution in [-0.4, -0.2) is 6.54 Å². The highest BCUT2D eigenvalue weighted by Crippen LogP contribution is 2.36. The fourth-order valence-electron chi connectivity index (χ4n) is 2.59. The summed E-state index contributed by atoms with van der Waals surface area (Å²) in [6, 6.07) is 5.46. The van der Waals surface area contributed by atoms with E-state index in [9.17, 15) is 4.39 Å². The SMILES string of the molecule is NCCC[C@H]1CCCc2cccc(F)c21. The van der Waals surface area contributed by atoms with Crippen LogP contribution in [0.5, 0.6) is 0 Å². The maximum atomic E-state index is 13.7. The minimum atomic E-state index is -0.0192. The highest BCUT2D eigenvalue weighted by atomic mass is 19.1. The average Bonchev–Trinajstić information content (AvgIpc) is 2.26. The first-order chi connectivity index (χ1) is 7.33. The third-order valence-electron chi connectivity index (χ3n) is 3.31. The van der Waals surface area contributed by atoms with E-state index in [2.05, 4.69) is 6.07 Å². The summed E-state index contributed by atoms with van der Waals surface area (Å²) in [5.74, 6) is 0.382. The molecular formula is C13H18FN. The molecule has 0 unspecified atom stereocenters. The molecule has 1 aromatic carbocycles. The van der Waals surface area contributed by atoms with E-state index in [0.717, 1.165) is 31.2 Å². The smallest absolute Gasteiger partial charge is 0.126 e. The second-order valence-electron chi connectivity index (χ2n) is 4.33. The number of benzene rings is 1. The van der Waals surface area contributed by atoms with Gasteiger partial charge in [-0.05, 0) is 61.8 Å². The molecule has 0 fully saturated rings. The summed E-state index contributed by atoms with van der Waals surface area (Å²) < 4.78 is 13.7. The second-order valence-corrected chi connectivity index (χ2v) is 4.33. The van der Waals surface area contributed by atoms with Gasteiger partial charge in [0.1, 0.15) is 5.82 Å². The van der Waals surface area contributed by atoms with E-state index in [4.69, 9.17) is 5.73 Å². The van der Waals surface area contributed by atoms with Crippen LogP contribution in [0.3, 0.4) is 0 Å². The Hall–Kier alpha value is -0.890. The van der Waals surface area contributed by atoms with Crippen LogP contribution < -0.4 is 5.73 Å². The van der Waals surface area contributed by atoms with Gasteiger partial charge >= 0.3 is 0 Å². The molecular weight excluding hydrogens is 189 g/mol. The normalized spacial score (nSPS) is 20.0. The zero-order valence-electron chi connectivity index (χ0n) is 9.01. The lowest BCUT2D eigenvalue weighted by atomic mass is 9.80. The van der Waals surface area contributed by atoms with Crippen molar-refractivity contribution in [2.75, 3.05) is 6.54 Å². The maximum Gasteiger partial charge on any atom is 0.126 e. The monoisotopic (exact) mass is 207 g/mol. The van der Waals surface area contributed by atoms with Crippen LogP contribution in [-0.2, 0) is 6.42 Å². The van der Waals surface area contributed by atoms with Gasteiger partial charge in [0, 0.05) is 0 Å². The second kappa shape index (κ2) is 4.75. The predicted molar refractivity (Wildman–Crippen MR) is 60.4 cm³/mol. The van der Waals surface area contributed by atoms with Crippen molar-refractivity contribution in [1.82, 2.24) is 0 Å². The van der Waals surface area contributed by atoms with Crippen molar-refractivity contribution >= 4 is 0 Å². The van der Waals surface area contributed by atoms with E-state index in [0.29, 0.717) is 12.5 Å². The molecule has 1 atom stereocenters. The van der Waals surface area contributed by atoms with Crippen molar-refractivity contribution in [3.05, 3.63) is 35.1 Å². The van der Waals surface area contributed by atoms with Crippen molar-refractivity contribution in [2.45, 2.75) is 38.0 Å². The number of fused-ring (bicyclic) bond motifs is 1. The van der Waals surface area contributed by atoms with Gasteiger partial charge in [-0.3, -0.25) is 0 Å². The Labute approximate surface area is 90.5 Å². The summed E-state index contributed by atoms with van der Waals surface area (Å²) in [6.07, 6.45) is 5.37. The number of aryl methyl sites for hydroxylation is 1. The van der Waals surface area contributed by atoms with Gasteiger partial charge in [0.05, 0.1) is 0 Å². The summed E-state index contributed by atoms with van der Waals surface area (Å²) >= 11 is 0. The van der Waals surface area contributed by atoms with Gasteiger partial charge < -0.3 is 5.73 Å². The van der Waals surface area contributed by atoms with Crippen LogP contribution >= 0.6 is 0 Å². The Morgan fingerprint density at radius 2 is 2.27 bits per heavy atom. The van der Waals surface area contributed by atoms with E-state index in [1.807, 2.05) is 6.07 Å². The summed E-state index contributed by atoms with van der Waals surface area (Å²) in [7, 11) is 0. The van der Waals surface area contributed by atoms with Crippen LogP contribution in [0.2, 0.25) is 0 Å². The van der Waals surface area contributed by atoms with Gasteiger partial charge in [-0.2, -0.15) is 0 Å². The minimum Gasteiger partial charge on any atom is -0.330 e.